The van der Waals surface area contributed by atoms with Gasteiger partial charge in [0.1, 0.15) is 11.5 Å². The molecule has 80 valence electrons. The highest BCUT2D eigenvalue weighted by Gasteiger charge is 2.04. The number of benzene rings is 1. The standard InChI is InChI=1S/C9H13NO3.BrH/c10-7(5-11)1-6-2-8(12)4-9(13)3-6;/h2-4,7,11-13H,1,5,10H2;1H. The van der Waals surface area contributed by atoms with Crippen molar-refractivity contribution in [2.75, 3.05) is 6.61 Å². The molecule has 0 saturated heterocycles. The molecular formula is C9H14BrNO3. The highest BCUT2D eigenvalue weighted by Crippen LogP contribution is 2.20. The van der Waals surface area contributed by atoms with Crippen molar-refractivity contribution in [1.82, 2.24) is 0 Å². The Morgan fingerprint density at radius 3 is 2.07 bits per heavy atom. The van der Waals surface area contributed by atoms with Crippen molar-refractivity contribution in [3.8, 4) is 11.5 Å². The molecule has 0 saturated carbocycles. The lowest BCUT2D eigenvalue weighted by Crippen LogP contribution is -2.26. The van der Waals surface area contributed by atoms with Crippen LogP contribution in [0, 0.1) is 0 Å². The lowest BCUT2D eigenvalue weighted by atomic mass is 10.1. The minimum absolute atomic E-state index is 0. The van der Waals surface area contributed by atoms with Crippen LogP contribution in [0.15, 0.2) is 18.2 Å². The lowest BCUT2D eigenvalue weighted by Gasteiger charge is -2.08. The van der Waals surface area contributed by atoms with E-state index in [1.807, 2.05) is 0 Å². The molecule has 1 aromatic rings. The molecule has 0 fully saturated rings. The van der Waals surface area contributed by atoms with Crippen molar-refractivity contribution >= 4 is 17.0 Å². The molecule has 1 unspecified atom stereocenters. The van der Waals surface area contributed by atoms with E-state index < -0.39 is 0 Å². The Kier molecular flexibility index (Phi) is 5.52. The first-order valence-electron chi connectivity index (χ1n) is 4.00. The number of aliphatic hydroxyl groups is 1. The van der Waals surface area contributed by atoms with Crippen LogP contribution in [-0.4, -0.2) is 28.0 Å². The highest BCUT2D eigenvalue weighted by molar-refractivity contribution is 8.93. The van der Waals surface area contributed by atoms with E-state index in [9.17, 15) is 0 Å². The minimum atomic E-state index is -0.360. The summed E-state index contributed by atoms with van der Waals surface area (Å²) in [5.74, 6) is 0.000259. The van der Waals surface area contributed by atoms with Crippen molar-refractivity contribution in [2.24, 2.45) is 5.73 Å². The minimum Gasteiger partial charge on any atom is -0.508 e. The van der Waals surface area contributed by atoms with E-state index in [0.717, 1.165) is 0 Å². The van der Waals surface area contributed by atoms with Crippen LogP contribution in [0.25, 0.3) is 0 Å². The van der Waals surface area contributed by atoms with Crippen molar-refractivity contribution < 1.29 is 15.3 Å². The van der Waals surface area contributed by atoms with Gasteiger partial charge in [0.2, 0.25) is 0 Å². The Hall–Kier alpha value is -0.780. The lowest BCUT2D eigenvalue weighted by molar-refractivity contribution is 0.265. The van der Waals surface area contributed by atoms with Crippen molar-refractivity contribution in [1.29, 1.82) is 0 Å². The van der Waals surface area contributed by atoms with E-state index in [4.69, 9.17) is 21.1 Å². The van der Waals surface area contributed by atoms with Crippen LogP contribution in [0.4, 0.5) is 0 Å². The number of aromatic hydroxyl groups is 2. The molecule has 0 aromatic heterocycles. The summed E-state index contributed by atoms with van der Waals surface area (Å²) in [7, 11) is 0. The predicted molar refractivity (Wildman–Crippen MR) is 58.9 cm³/mol. The Morgan fingerprint density at radius 1 is 1.14 bits per heavy atom. The quantitative estimate of drug-likeness (QED) is 0.641. The van der Waals surface area contributed by atoms with E-state index in [1.54, 1.807) is 0 Å². The van der Waals surface area contributed by atoms with Gasteiger partial charge in [0.15, 0.2) is 0 Å². The average Bonchev–Trinajstić information content (AvgIpc) is 2.02. The Bertz CT molecular complexity index is 273. The number of aliphatic hydroxyl groups excluding tert-OH is 1. The molecule has 4 nitrogen and oxygen atoms in total. The van der Waals surface area contributed by atoms with Crippen molar-refractivity contribution in [3.63, 3.8) is 0 Å². The summed E-state index contributed by atoms with van der Waals surface area (Å²) in [5, 5.41) is 26.9. The predicted octanol–water partition coefficient (Wildman–Crippen LogP) is 0.538. The topological polar surface area (TPSA) is 86.7 Å². The Morgan fingerprint density at radius 2 is 1.64 bits per heavy atom. The third-order valence-corrected chi connectivity index (χ3v) is 1.69. The number of hydrogen-bond donors (Lipinski definition) is 4. The first-order chi connectivity index (χ1) is 6.11. The monoisotopic (exact) mass is 263 g/mol. The second kappa shape index (κ2) is 5.85. The molecule has 1 atom stereocenters. The second-order valence-electron chi connectivity index (χ2n) is 3.00. The summed E-state index contributed by atoms with van der Waals surface area (Å²) >= 11 is 0. The van der Waals surface area contributed by atoms with Crippen molar-refractivity contribution in [3.05, 3.63) is 23.8 Å². The van der Waals surface area contributed by atoms with Crippen LogP contribution >= 0.6 is 17.0 Å². The fourth-order valence-electron chi connectivity index (χ4n) is 1.14. The number of rotatable bonds is 3. The number of hydrogen-bond acceptors (Lipinski definition) is 4. The smallest absolute Gasteiger partial charge is 0.119 e. The van der Waals surface area contributed by atoms with E-state index in [-0.39, 0.29) is 41.1 Å². The van der Waals surface area contributed by atoms with Gasteiger partial charge in [-0.15, -0.1) is 17.0 Å². The second-order valence-corrected chi connectivity index (χ2v) is 3.00. The van der Waals surface area contributed by atoms with Crippen LogP contribution in [-0.2, 0) is 6.42 Å². The molecule has 0 radical (unpaired) electrons. The summed E-state index contributed by atoms with van der Waals surface area (Å²) in [5.41, 5.74) is 6.20. The van der Waals surface area contributed by atoms with Gasteiger partial charge >= 0.3 is 0 Å². The maximum absolute atomic E-state index is 9.12. The molecule has 0 heterocycles. The van der Waals surface area contributed by atoms with E-state index in [2.05, 4.69) is 0 Å². The molecule has 0 amide bonds. The molecule has 5 heteroatoms. The number of halogens is 1. The van der Waals surface area contributed by atoms with E-state index in [0.29, 0.717) is 12.0 Å². The van der Waals surface area contributed by atoms with E-state index >= 15 is 0 Å². The average molecular weight is 264 g/mol. The van der Waals surface area contributed by atoms with Gasteiger partial charge in [-0.05, 0) is 24.1 Å². The molecule has 0 aliphatic rings. The summed E-state index contributed by atoms with van der Waals surface area (Å²) in [6, 6.07) is 3.90. The molecule has 1 aromatic carbocycles. The van der Waals surface area contributed by atoms with Crippen molar-refractivity contribution in [2.45, 2.75) is 12.5 Å². The first-order valence-corrected chi connectivity index (χ1v) is 4.00. The zero-order valence-electron chi connectivity index (χ0n) is 7.55. The Balaban J connectivity index is 0.00000169. The summed E-state index contributed by atoms with van der Waals surface area (Å²) in [4.78, 5) is 0. The van der Waals surface area contributed by atoms with Gasteiger partial charge in [0.05, 0.1) is 6.61 Å². The summed E-state index contributed by atoms with van der Waals surface area (Å²) < 4.78 is 0. The SMILES string of the molecule is Br.NC(CO)Cc1cc(O)cc(O)c1. The number of nitrogens with two attached hydrogens (primary N) is 1. The molecular weight excluding hydrogens is 250 g/mol. The summed E-state index contributed by atoms with van der Waals surface area (Å²) in [6.45, 7) is -0.115. The fourth-order valence-corrected chi connectivity index (χ4v) is 1.14. The largest absolute Gasteiger partial charge is 0.508 e. The van der Waals surface area contributed by atoms with Gasteiger partial charge in [0.25, 0.3) is 0 Å². The number of phenols is 2. The Labute approximate surface area is 92.8 Å². The fraction of sp³-hybridized carbons (Fsp3) is 0.333. The maximum atomic E-state index is 9.12. The van der Waals surface area contributed by atoms with Gasteiger partial charge in [-0.2, -0.15) is 0 Å². The molecule has 0 spiro atoms. The van der Waals surface area contributed by atoms with Gasteiger partial charge in [-0.25, -0.2) is 0 Å². The normalized spacial score (nSPS) is 11.9. The highest BCUT2D eigenvalue weighted by atomic mass is 79.9. The van der Waals surface area contributed by atoms with Crippen LogP contribution in [0.1, 0.15) is 5.56 Å². The zero-order chi connectivity index (χ0) is 9.84. The summed E-state index contributed by atoms with van der Waals surface area (Å²) in [6.07, 6.45) is 0.429. The van der Waals surface area contributed by atoms with Gasteiger partial charge in [-0.1, -0.05) is 0 Å². The van der Waals surface area contributed by atoms with Gasteiger partial charge in [0, 0.05) is 12.1 Å². The van der Waals surface area contributed by atoms with Gasteiger partial charge in [-0.3, -0.25) is 0 Å². The third-order valence-electron chi connectivity index (χ3n) is 1.69. The molecule has 5 N–H and O–H groups in total. The first kappa shape index (κ1) is 13.2. The maximum Gasteiger partial charge on any atom is 0.119 e. The molecule has 1 rings (SSSR count). The molecule has 0 aliphatic carbocycles. The van der Waals surface area contributed by atoms with Gasteiger partial charge < -0.3 is 21.1 Å². The van der Waals surface area contributed by atoms with E-state index in [1.165, 1.54) is 18.2 Å². The van der Waals surface area contributed by atoms with Crippen LogP contribution in [0.2, 0.25) is 0 Å². The van der Waals surface area contributed by atoms with Crippen LogP contribution in [0.3, 0.4) is 0 Å². The third kappa shape index (κ3) is 3.95. The van der Waals surface area contributed by atoms with Crippen LogP contribution < -0.4 is 5.73 Å². The molecule has 14 heavy (non-hydrogen) atoms. The molecule has 0 aliphatic heterocycles. The number of phenolic OH excluding ortho intramolecular Hbond substituents is 2. The zero-order valence-corrected chi connectivity index (χ0v) is 9.26. The molecule has 0 bridgehead atoms. The van der Waals surface area contributed by atoms with Crippen LogP contribution in [0.5, 0.6) is 11.5 Å².